The van der Waals surface area contributed by atoms with Gasteiger partial charge in [-0.25, -0.2) is 0 Å². The highest BCUT2D eigenvalue weighted by molar-refractivity contribution is 5.20. The molecule has 3 rings (SSSR count). The van der Waals surface area contributed by atoms with Gasteiger partial charge in [0.2, 0.25) is 12.7 Å². The van der Waals surface area contributed by atoms with Gasteiger partial charge in [0.25, 0.3) is 0 Å². The molecule has 130 valence electrons. The lowest BCUT2D eigenvalue weighted by Gasteiger charge is -2.42. The van der Waals surface area contributed by atoms with Gasteiger partial charge in [0, 0.05) is 31.4 Å². The van der Waals surface area contributed by atoms with E-state index in [0.717, 1.165) is 25.3 Å². The van der Waals surface area contributed by atoms with Crippen LogP contribution in [0, 0.1) is 0 Å². The van der Waals surface area contributed by atoms with Gasteiger partial charge in [-0.2, -0.15) is 5.06 Å². The standard InChI is InChI=1S/C17H29N3O3/c1-13(10-16-17(18)22-12-21-16)19-8-9-20(14(2)11-19)23-15-6-4-3-5-7-15/h10,14-15H,3-9,11-12,18H2,1-2H3/b13-10+. The Morgan fingerprint density at radius 3 is 2.65 bits per heavy atom. The maximum atomic E-state index is 6.24. The highest BCUT2D eigenvalue weighted by Crippen LogP contribution is 2.24. The summed E-state index contributed by atoms with van der Waals surface area (Å²) in [6.07, 6.45) is 8.76. The Hall–Kier alpha value is -1.40. The van der Waals surface area contributed by atoms with Gasteiger partial charge in [-0.1, -0.05) is 19.3 Å². The Morgan fingerprint density at radius 1 is 1.22 bits per heavy atom. The largest absolute Gasteiger partial charge is 0.452 e. The fraction of sp³-hybridized carbons (Fsp3) is 0.765. The fourth-order valence-corrected chi connectivity index (χ4v) is 3.47. The monoisotopic (exact) mass is 323 g/mol. The topological polar surface area (TPSA) is 60.2 Å². The van der Waals surface area contributed by atoms with E-state index in [2.05, 4.69) is 23.8 Å². The number of ether oxygens (including phenoxy) is 2. The highest BCUT2D eigenvalue weighted by Gasteiger charge is 2.28. The predicted octanol–water partition coefficient (Wildman–Crippen LogP) is 2.29. The van der Waals surface area contributed by atoms with Crippen molar-refractivity contribution in [1.82, 2.24) is 9.96 Å². The van der Waals surface area contributed by atoms with Gasteiger partial charge >= 0.3 is 0 Å². The Bertz CT molecular complexity index is 472. The molecule has 0 aromatic heterocycles. The van der Waals surface area contributed by atoms with E-state index in [-0.39, 0.29) is 6.79 Å². The van der Waals surface area contributed by atoms with Crippen LogP contribution in [0.4, 0.5) is 0 Å². The second kappa shape index (κ2) is 7.45. The molecule has 6 heteroatoms. The molecule has 2 fully saturated rings. The maximum Gasteiger partial charge on any atom is 0.233 e. The lowest BCUT2D eigenvalue weighted by molar-refractivity contribution is -0.237. The molecule has 0 radical (unpaired) electrons. The van der Waals surface area contributed by atoms with Gasteiger partial charge in [-0.15, -0.1) is 0 Å². The normalized spacial score (nSPS) is 28.0. The first kappa shape index (κ1) is 16.5. The molecule has 0 aromatic rings. The quantitative estimate of drug-likeness (QED) is 0.856. The number of hydrogen-bond donors (Lipinski definition) is 1. The zero-order chi connectivity index (χ0) is 16.2. The van der Waals surface area contributed by atoms with E-state index >= 15 is 0 Å². The second-order valence-electron chi connectivity index (χ2n) is 6.72. The number of allylic oxidation sites excluding steroid dienone is 2. The van der Waals surface area contributed by atoms with Crippen LogP contribution in [0.25, 0.3) is 0 Å². The fourth-order valence-electron chi connectivity index (χ4n) is 3.47. The summed E-state index contributed by atoms with van der Waals surface area (Å²) < 4.78 is 10.5. The van der Waals surface area contributed by atoms with Crippen molar-refractivity contribution in [3.05, 3.63) is 23.4 Å². The Labute approximate surface area is 138 Å². The minimum absolute atomic E-state index is 0.213. The number of nitrogens with zero attached hydrogens (tertiary/aromatic N) is 2. The lowest BCUT2D eigenvalue weighted by atomic mass is 9.98. The molecule has 1 saturated heterocycles. The molecular weight excluding hydrogens is 294 g/mol. The molecule has 3 aliphatic rings. The predicted molar refractivity (Wildman–Crippen MR) is 87.7 cm³/mol. The summed E-state index contributed by atoms with van der Waals surface area (Å²) in [4.78, 5) is 8.59. The average Bonchev–Trinajstić information content (AvgIpc) is 2.95. The molecule has 0 bridgehead atoms. The first-order valence-electron chi connectivity index (χ1n) is 8.75. The number of rotatable bonds is 4. The third-order valence-electron chi connectivity index (χ3n) is 4.91. The van der Waals surface area contributed by atoms with E-state index in [1.165, 1.54) is 32.1 Å². The molecule has 0 spiro atoms. The molecule has 0 aromatic carbocycles. The summed E-state index contributed by atoms with van der Waals surface area (Å²) in [6.45, 7) is 7.35. The smallest absolute Gasteiger partial charge is 0.233 e. The molecule has 1 atom stereocenters. The minimum atomic E-state index is 0.213. The van der Waals surface area contributed by atoms with Gasteiger partial charge in [0.05, 0.1) is 12.1 Å². The van der Waals surface area contributed by atoms with Crippen LogP contribution >= 0.6 is 0 Å². The molecule has 1 saturated carbocycles. The first-order valence-corrected chi connectivity index (χ1v) is 8.75. The summed E-state index contributed by atoms with van der Waals surface area (Å²) in [5, 5.41) is 2.18. The van der Waals surface area contributed by atoms with E-state index < -0.39 is 0 Å². The van der Waals surface area contributed by atoms with Crippen LogP contribution in [0.5, 0.6) is 0 Å². The molecule has 0 amide bonds. The number of hydroxylamine groups is 2. The van der Waals surface area contributed by atoms with Crippen LogP contribution in [0.2, 0.25) is 0 Å². The van der Waals surface area contributed by atoms with Crippen molar-refractivity contribution in [3.63, 3.8) is 0 Å². The van der Waals surface area contributed by atoms with Gasteiger partial charge < -0.3 is 20.1 Å². The number of piperazine rings is 1. The van der Waals surface area contributed by atoms with Crippen LogP contribution in [0.1, 0.15) is 46.0 Å². The van der Waals surface area contributed by atoms with Crippen molar-refractivity contribution in [3.8, 4) is 0 Å². The SMILES string of the molecule is C/C(=C\C1=C(N)OCO1)N1CCN(OC2CCCCC2)C(C)C1. The molecular formula is C17H29N3O3. The van der Waals surface area contributed by atoms with Crippen molar-refractivity contribution in [2.24, 2.45) is 5.73 Å². The van der Waals surface area contributed by atoms with Gasteiger partial charge in [-0.3, -0.25) is 4.84 Å². The molecule has 2 N–H and O–H groups in total. The summed E-state index contributed by atoms with van der Waals surface area (Å²) >= 11 is 0. The van der Waals surface area contributed by atoms with Gasteiger partial charge in [0.1, 0.15) is 0 Å². The minimum Gasteiger partial charge on any atom is -0.452 e. The van der Waals surface area contributed by atoms with E-state index in [1.54, 1.807) is 0 Å². The molecule has 1 unspecified atom stereocenters. The summed E-state index contributed by atoms with van der Waals surface area (Å²) in [5.74, 6) is 1.01. The Balaban J connectivity index is 1.53. The van der Waals surface area contributed by atoms with Gasteiger partial charge in [0.15, 0.2) is 5.76 Å². The first-order chi connectivity index (χ1) is 11.1. The van der Waals surface area contributed by atoms with E-state index in [4.69, 9.17) is 20.0 Å². The van der Waals surface area contributed by atoms with Crippen LogP contribution < -0.4 is 5.73 Å². The van der Waals surface area contributed by atoms with Gasteiger partial charge in [-0.05, 0) is 26.7 Å². The summed E-state index contributed by atoms with van der Waals surface area (Å²) in [7, 11) is 0. The van der Waals surface area contributed by atoms with Crippen LogP contribution in [0.3, 0.4) is 0 Å². The molecule has 23 heavy (non-hydrogen) atoms. The van der Waals surface area contributed by atoms with E-state index in [0.29, 0.717) is 23.8 Å². The molecule has 1 aliphatic carbocycles. The Kier molecular flexibility index (Phi) is 5.33. The highest BCUT2D eigenvalue weighted by atomic mass is 16.7. The van der Waals surface area contributed by atoms with E-state index in [1.807, 2.05) is 6.08 Å². The molecule has 6 nitrogen and oxygen atoms in total. The number of nitrogens with two attached hydrogens (primary N) is 1. The van der Waals surface area contributed by atoms with Crippen LogP contribution in [-0.4, -0.2) is 48.5 Å². The third kappa shape index (κ3) is 4.12. The summed E-state index contributed by atoms with van der Waals surface area (Å²) in [5.41, 5.74) is 6.90. The van der Waals surface area contributed by atoms with Crippen molar-refractivity contribution < 1.29 is 14.3 Å². The maximum absolute atomic E-state index is 6.24. The van der Waals surface area contributed by atoms with Crippen LogP contribution in [-0.2, 0) is 14.3 Å². The van der Waals surface area contributed by atoms with E-state index in [9.17, 15) is 0 Å². The van der Waals surface area contributed by atoms with Crippen molar-refractivity contribution in [2.45, 2.75) is 58.1 Å². The van der Waals surface area contributed by atoms with Crippen LogP contribution in [0.15, 0.2) is 23.4 Å². The zero-order valence-electron chi connectivity index (χ0n) is 14.3. The average molecular weight is 323 g/mol. The number of hydrogen-bond acceptors (Lipinski definition) is 6. The third-order valence-corrected chi connectivity index (χ3v) is 4.91. The lowest BCUT2D eigenvalue weighted by Crippen LogP contribution is -2.52. The second-order valence-corrected chi connectivity index (χ2v) is 6.72. The van der Waals surface area contributed by atoms with Crippen molar-refractivity contribution >= 4 is 0 Å². The Morgan fingerprint density at radius 2 is 2.00 bits per heavy atom. The van der Waals surface area contributed by atoms with Crippen molar-refractivity contribution in [2.75, 3.05) is 26.4 Å². The van der Waals surface area contributed by atoms with Crippen molar-refractivity contribution in [1.29, 1.82) is 0 Å². The molecule has 2 heterocycles. The zero-order valence-corrected chi connectivity index (χ0v) is 14.3. The summed E-state index contributed by atoms with van der Waals surface area (Å²) in [6, 6.07) is 0.376. The molecule has 2 aliphatic heterocycles.